The zero-order valence-electron chi connectivity index (χ0n) is 12.3. The normalized spacial score (nSPS) is 10.2. The van der Waals surface area contributed by atoms with Crippen LogP contribution >= 0.6 is 11.6 Å². The number of rotatable bonds is 5. The van der Waals surface area contributed by atoms with E-state index in [0.29, 0.717) is 11.3 Å². The van der Waals surface area contributed by atoms with Gasteiger partial charge in [-0.2, -0.15) is 4.98 Å². The SMILES string of the molecule is COc1cc(C(=O)O)cc(C)c1Nc1nc(Cl)ncc1C(N)=O. The van der Waals surface area contributed by atoms with Crippen LogP contribution in [-0.2, 0) is 0 Å². The number of nitrogens with one attached hydrogen (secondary N) is 1. The molecule has 0 aliphatic rings. The lowest BCUT2D eigenvalue weighted by Gasteiger charge is -2.15. The van der Waals surface area contributed by atoms with Crippen LogP contribution in [0, 0.1) is 6.92 Å². The van der Waals surface area contributed by atoms with Gasteiger partial charge in [0.05, 0.1) is 18.4 Å². The van der Waals surface area contributed by atoms with Gasteiger partial charge in [0.25, 0.3) is 5.91 Å². The van der Waals surface area contributed by atoms with E-state index in [-0.39, 0.29) is 28.0 Å². The van der Waals surface area contributed by atoms with Gasteiger partial charge in [0.2, 0.25) is 5.28 Å². The van der Waals surface area contributed by atoms with Crippen molar-refractivity contribution in [2.24, 2.45) is 5.73 Å². The number of aromatic carboxylic acids is 1. The van der Waals surface area contributed by atoms with E-state index in [2.05, 4.69) is 15.3 Å². The highest BCUT2D eigenvalue weighted by atomic mass is 35.5. The highest BCUT2D eigenvalue weighted by Crippen LogP contribution is 2.33. The molecule has 0 atom stereocenters. The lowest BCUT2D eigenvalue weighted by molar-refractivity contribution is 0.0696. The fourth-order valence-corrected chi connectivity index (χ4v) is 2.09. The first-order valence-corrected chi connectivity index (χ1v) is 6.72. The number of hydrogen-bond donors (Lipinski definition) is 3. The van der Waals surface area contributed by atoms with Gasteiger partial charge in [0.15, 0.2) is 0 Å². The molecule has 120 valence electrons. The van der Waals surface area contributed by atoms with Crippen molar-refractivity contribution in [2.45, 2.75) is 6.92 Å². The highest BCUT2D eigenvalue weighted by Gasteiger charge is 2.17. The second-order valence-corrected chi connectivity index (χ2v) is 4.90. The Kier molecular flexibility index (Phi) is 4.65. The molecule has 1 aromatic carbocycles. The number of anilines is 2. The number of amides is 1. The predicted molar refractivity (Wildman–Crippen MR) is 83.5 cm³/mol. The lowest BCUT2D eigenvalue weighted by atomic mass is 10.1. The van der Waals surface area contributed by atoms with Crippen LogP contribution in [0.5, 0.6) is 5.75 Å². The monoisotopic (exact) mass is 336 g/mol. The summed E-state index contributed by atoms with van der Waals surface area (Å²) >= 11 is 5.74. The third kappa shape index (κ3) is 3.49. The number of benzene rings is 1. The predicted octanol–water partition coefficient (Wildman–Crippen LogP) is 1.99. The van der Waals surface area contributed by atoms with E-state index in [1.807, 2.05) is 0 Å². The molecule has 23 heavy (non-hydrogen) atoms. The second kappa shape index (κ2) is 6.49. The molecule has 2 rings (SSSR count). The van der Waals surface area contributed by atoms with Crippen molar-refractivity contribution in [1.82, 2.24) is 9.97 Å². The molecule has 0 aliphatic carbocycles. The largest absolute Gasteiger partial charge is 0.495 e. The number of methoxy groups -OCH3 is 1. The number of hydrogen-bond acceptors (Lipinski definition) is 6. The molecule has 1 heterocycles. The summed E-state index contributed by atoms with van der Waals surface area (Å²) in [6, 6.07) is 2.81. The Morgan fingerprint density at radius 3 is 2.65 bits per heavy atom. The fraction of sp³-hybridized carbons (Fsp3) is 0.143. The first-order valence-electron chi connectivity index (χ1n) is 6.34. The minimum Gasteiger partial charge on any atom is -0.495 e. The van der Waals surface area contributed by atoms with Gasteiger partial charge in [-0.1, -0.05) is 0 Å². The summed E-state index contributed by atoms with van der Waals surface area (Å²) in [6.45, 7) is 1.68. The summed E-state index contributed by atoms with van der Waals surface area (Å²) in [4.78, 5) is 30.2. The van der Waals surface area contributed by atoms with Crippen LogP contribution in [0.15, 0.2) is 18.3 Å². The number of aryl methyl sites for hydroxylation is 1. The van der Waals surface area contributed by atoms with Crippen molar-refractivity contribution in [3.05, 3.63) is 40.3 Å². The molecule has 0 unspecified atom stereocenters. The number of carboxylic acids is 1. The number of nitrogens with two attached hydrogens (primary N) is 1. The maximum Gasteiger partial charge on any atom is 0.335 e. The van der Waals surface area contributed by atoms with E-state index in [0.717, 1.165) is 0 Å². The highest BCUT2D eigenvalue weighted by molar-refractivity contribution is 6.28. The van der Waals surface area contributed by atoms with Gasteiger partial charge in [-0.25, -0.2) is 9.78 Å². The van der Waals surface area contributed by atoms with Crippen molar-refractivity contribution in [1.29, 1.82) is 0 Å². The zero-order chi connectivity index (χ0) is 17.1. The van der Waals surface area contributed by atoms with Gasteiger partial charge in [-0.3, -0.25) is 4.79 Å². The number of nitrogens with zero attached hydrogens (tertiary/aromatic N) is 2. The first kappa shape index (κ1) is 16.5. The molecule has 1 aromatic heterocycles. The van der Waals surface area contributed by atoms with Crippen LogP contribution in [-0.4, -0.2) is 34.1 Å². The van der Waals surface area contributed by atoms with Crippen molar-refractivity contribution >= 4 is 35.0 Å². The average Bonchev–Trinajstić information content (AvgIpc) is 2.48. The number of ether oxygens (including phenoxy) is 1. The summed E-state index contributed by atoms with van der Waals surface area (Å²) < 4.78 is 5.20. The maximum absolute atomic E-state index is 11.5. The standard InChI is InChI=1S/C14H13ClN4O4/c1-6-3-7(13(21)22)4-9(23-2)10(6)18-12-8(11(16)20)5-17-14(15)19-12/h3-5H,1-2H3,(H2,16,20)(H,21,22)(H,17,18,19). The Morgan fingerprint density at radius 2 is 2.09 bits per heavy atom. The Labute approximate surface area is 136 Å². The molecular weight excluding hydrogens is 324 g/mol. The van der Waals surface area contributed by atoms with E-state index in [4.69, 9.17) is 27.2 Å². The number of halogens is 1. The smallest absolute Gasteiger partial charge is 0.335 e. The van der Waals surface area contributed by atoms with E-state index in [1.54, 1.807) is 6.92 Å². The Hall–Kier alpha value is -2.87. The topological polar surface area (TPSA) is 127 Å². The van der Waals surface area contributed by atoms with Crippen molar-refractivity contribution in [3.63, 3.8) is 0 Å². The van der Waals surface area contributed by atoms with Gasteiger partial charge in [-0.05, 0) is 36.2 Å². The molecule has 2 aromatic rings. The molecule has 0 saturated heterocycles. The van der Waals surface area contributed by atoms with Crippen molar-refractivity contribution in [3.8, 4) is 5.75 Å². The number of primary amides is 1. The Morgan fingerprint density at radius 1 is 1.39 bits per heavy atom. The van der Waals surface area contributed by atoms with Gasteiger partial charge in [0.1, 0.15) is 17.1 Å². The van der Waals surface area contributed by atoms with Gasteiger partial charge in [-0.15, -0.1) is 0 Å². The van der Waals surface area contributed by atoms with E-state index < -0.39 is 11.9 Å². The maximum atomic E-state index is 11.5. The zero-order valence-corrected chi connectivity index (χ0v) is 13.0. The van der Waals surface area contributed by atoms with Crippen molar-refractivity contribution < 1.29 is 19.4 Å². The van der Waals surface area contributed by atoms with E-state index in [1.165, 1.54) is 25.4 Å². The quantitative estimate of drug-likeness (QED) is 0.712. The molecular formula is C14H13ClN4O4. The van der Waals surface area contributed by atoms with Crippen LogP contribution in [0.3, 0.4) is 0 Å². The van der Waals surface area contributed by atoms with Crippen LogP contribution < -0.4 is 15.8 Å². The van der Waals surface area contributed by atoms with Crippen LogP contribution in [0.1, 0.15) is 26.3 Å². The summed E-state index contributed by atoms with van der Waals surface area (Å²) in [6.07, 6.45) is 1.20. The van der Waals surface area contributed by atoms with Crippen LogP contribution in [0.4, 0.5) is 11.5 Å². The van der Waals surface area contributed by atoms with E-state index >= 15 is 0 Å². The molecule has 0 aliphatic heterocycles. The third-order valence-corrected chi connectivity index (χ3v) is 3.22. The van der Waals surface area contributed by atoms with Gasteiger partial charge >= 0.3 is 5.97 Å². The van der Waals surface area contributed by atoms with Gasteiger partial charge in [0, 0.05) is 6.20 Å². The number of carbonyl (C=O) groups excluding carboxylic acids is 1. The molecule has 0 saturated carbocycles. The third-order valence-electron chi connectivity index (χ3n) is 3.03. The number of carboxylic acid groups (broad SMARTS) is 1. The molecule has 0 bridgehead atoms. The Bertz CT molecular complexity index is 795. The average molecular weight is 337 g/mol. The van der Waals surface area contributed by atoms with E-state index in [9.17, 15) is 9.59 Å². The Balaban J connectivity index is 2.54. The lowest BCUT2D eigenvalue weighted by Crippen LogP contribution is -2.15. The minimum absolute atomic E-state index is 0.0400. The molecule has 0 spiro atoms. The van der Waals surface area contributed by atoms with Crippen molar-refractivity contribution in [2.75, 3.05) is 12.4 Å². The second-order valence-electron chi connectivity index (χ2n) is 4.57. The molecule has 9 heteroatoms. The summed E-state index contributed by atoms with van der Waals surface area (Å²) in [5.74, 6) is -1.45. The van der Waals surface area contributed by atoms with Gasteiger partial charge < -0.3 is 20.9 Å². The fourth-order valence-electron chi connectivity index (χ4n) is 1.95. The molecule has 4 N–H and O–H groups in total. The summed E-state index contributed by atoms with van der Waals surface area (Å²) in [7, 11) is 1.40. The van der Waals surface area contributed by atoms with Crippen LogP contribution in [0.2, 0.25) is 5.28 Å². The molecule has 8 nitrogen and oxygen atoms in total. The minimum atomic E-state index is -1.08. The first-order chi connectivity index (χ1) is 10.8. The summed E-state index contributed by atoms with van der Waals surface area (Å²) in [5, 5.41) is 11.9. The molecule has 1 amide bonds. The van der Waals surface area contributed by atoms with Crippen LogP contribution in [0.25, 0.3) is 0 Å². The number of carbonyl (C=O) groups is 2. The molecule has 0 radical (unpaired) electrons. The molecule has 0 fully saturated rings. The number of aromatic nitrogens is 2. The summed E-state index contributed by atoms with van der Waals surface area (Å²) in [5.41, 5.74) is 6.41.